The molecule has 2 nitrogen and oxygen atoms in total. The third kappa shape index (κ3) is 3.79. The number of carbonyl (C=O) groups excluding carboxylic acids is 1. The van der Waals surface area contributed by atoms with Crippen molar-refractivity contribution in [3.8, 4) is 0 Å². The lowest BCUT2D eigenvalue weighted by atomic mass is 9.91. The van der Waals surface area contributed by atoms with Gasteiger partial charge in [0.2, 0.25) is 0 Å². The van der Waals surface area contributed by atoms with Crippen LogP contribution in [0, 0.1) is 5.92 Å². The molecule has 0 saturated carbocycles. The van der Waals surface area contributed by atoms with Crippen LogP contribution in [-0.2, 0) is 4.79 Å². The fraction of sp³-hybridized carbons (Fsp3) is 0.917. The molecule has 1 rings (SSSR count). The van der Waals surface area contributed by atoms with Crippen molar-refractivity contribution in [2.75, 3.05) is 20.1 Å². The lowest BCUT2D eigenvalue weighted by Gasteiger charge is -2.28. The molecule has 0 spiro atoms. The van der Waals surface area contributed by atoms with E-state index in [2.05, 4.69) is 18.9 Å². The molecule has 1 aliphatic heterocycles. The molecule has 82 valence electrons. The van der Waals surface area contributed by atoms with Gasteiger partial charge in [-0.1, -0.05) is 32.6 Å². The molecule has 1 unspecified atom stereocenters. The zero-order chi connectivity index (χ0) is 10.4. The first-order valence-corrected chi connectivity index (χ1v) is 5.95. The Morgan fingerprint density at radius 1 is 1.36 bits per heavy atom. The lowest BCUT2D eigenvalue weighted by molar-refractivity contribution is -0.126. The van der Waals surface area contributed by atoms with Crippen LogP contribution in [0.2, 0.25) is 0 Å². The Morgan fingerprint density at radius 2 is 2.14 bits per heavy atom. The van der Waals surface area contributed by atoms with Crippen molar-refractivity contribution < 1.29 is 4.79 Å². The highest BCUT2D eigenvalue weighted by atomic mass is 16.1. The van der Waals surface area contributed by atoms with Crippen molar-refractivity contribution >= 4 is 5.78 Å². The molecule has 1 saturated heterocycles. The largest absolute Gasteiger partial charge is 0.305 e. The number of nitrogens with zero attached hydrogens (tertiary/aromatic N) is 1. The van der Waals surface area contributed by atoms with Crippen LogP contribution < -0.4 is 0 Å². The van der Waals surface area contributed by atoms with Crippen molar-refractivity contribution in [3.05, 3.63) is 0 Å². The Bertz CT molecular complexity index is 179. The van der Waals surface area contributed by atoms with Gasteiger partial charge in [-0.25, -0.2) is 0 Å². The zero-order valence-electron chi connectivity index (χ0n) is 9.59. The molecule has 2 heteroatoms. The number of carbonyl (C=O) groups is 1. The minimum Gasteiger partial charge on any atom is -0.305 e. The van der Waals surface area contributed by atoms with Gasteiger partial charge in [-0.3, -0.25) is 4.79 Å². The first kappa shape index (κ1) is 11.7. The quantitative estimate of drug-likeness (QED) is 0.631. The lowest BCUT2D eigenvalue weighted by Crippen LogP contribution is -2.38. The number of hydrogen-bond acceptors (Lipinski definition) is 2. The highest BCUT2D eigenvalue weighted by Crippen LogP contribution is 2.18. The van der Waals surface area contributed by atoms with Gasteiger partial charge in [0.15, 0.2) is 0 Å². The molecule has 0 aromatic carbocycles. The predicted molar refractivity (Wildman–Crippen MR) is 59.4 cm³/mol. The molecule has 1 atom stereocenters. The molecule has 0 N–H and O–H groups in total. The van der Waals surface area contributed by atoms with Crippen molar-refractivity contribution in [2.45, 2.75) is 45.4 Å². The average Bonchev–Trinajstić information content (AvgIpc) is 2.18. The summed E-state index contributed by atoms with van der Waals surface area (Å²) in [4.78, 5) is 13.9. The molecular weight excluding hydrogens is 174 g/mol. The van der Waals surface area contributed by atoms with Gasteiger partial charge in [-0.2, -0.15) is 0 Å². The van der Waals surface area contributed by atoms with E-state index in [1.807, 2.05) is 0 Å². The van der Waals surface area contributed by atoms with Gasteiger partial charge in [0.1, 0.15) is 5.78 Å². The molecule has 0 aromatic rings. The Morgan fingerprint density at radius 3 is 2.86 bits per heavy atom. The van der Waals surface area contributed by atoms with Crippen LogP contribution in [0.25, 0.3) is 0 Å². The molecule has 0 aliphatic carbocycles. The summed E-state index contributed by atoms with van der Waals surface area (Å²) < 4.78 is 0. The molecular formula is C12H23NO. The third-order valence-electron chi connectivity index (χ3n) is 3.13. The molecule has 1 aliphatic rings. The Kier molecular flexibility index (Phi) is 5.16. The molecule has 1 fully saturated rings. The monoisotopic (exact) mass is 197 g/mol. The number of likely N-dealkylation sites (tertiary alicyclic amines) is 1. The summed E-state index contributed by atoms with van der Waals surface area (Å²) >= 11 is 0. The van der Waals surface area contributed by atoms with Gasteiger partial charge in [0.25, 0.3) is 0 Å². The van der Waals surface area contributed by atoms with Gasteiger partial charge in [0, 0.05) is 25.4 Å². The van der Waals surface area contributed by atoms with E-state index in [1.165, 1.54) is 25.7 Å². The van der Waals surface area contributed by atoms with Crippen molar-refractivity contribution in [3.63, 3.8) is 0 Å². The second kappa shape index (κ2) is 6.18. The Hall–Kier alpha value is -0.370. The fourth-order valence-electron chi connectivity index (χ4n) is 2.14. The summed E-state index contributed by atoms with van der Waals surface area (Å²) in [5, 5.41) is 0. The molecule has 14 heavy (non-hydrogen) atoms. The Labute approximate surface area is 87.7 Å². The number of piperidine rings is 1. The SMILES string of the molecule is CCCCCCC1CN(C)CCC1=O. The first-order chi connectivity index (χ1) is 6.74. The predicted octanol–water partition coefficient (Wildman–Crippen LogP) is 2.48. The molecule has 0 aromatic heterocycles. The van der Waals surface area contributed by atoms with E-state index in [9.17, 15) is 4.79 Å². The van der Waals surface area contributed by atoms with Crippen molar-refractivity contribution in [1.82, 2.24) is 4.90 Å². The number of unbranched alkanes of at least 4 members (excludes halogenated alkanes) is 3. The molecule has 1 heterocycles. The van der Waals surface area contributed by atoms with E-state index in [0.717, 1.165) is 25.9 Å². The van der Waals surface area contributed by atoms with Gasteiger partial charge in [-0.05, 0) is 13.5 Å². The van der Waals surface area contributed by atoms with E-state index in [4.69, 9.17) is 0 Å². The van der Waals surface area contributed by atoms with E-state index in [1.54, 1.807) is 0 Å². The summed E-state index contributed by atoms with van der Waals surface area (Å²) in [6.07, 6.45) is 7.01. The molecule has 0 radical (unpaired) electrons. The van der Waals surface area contributed by atoms with Crippen LogP contribution in [0.4, 0.5) is 0 Å². The molecule has 0 bridgehead atoms. The highest BCUT2D eigenvalue weighted by molar-refractivity contribution is 5.82. The summed E-state index contributed by atoms with van der Waals surface area (Å²) in [7, 11) is 2.12. The van der Waals surface area contributed by atoms with E-state index >= 15 is 0 Å². The van der Waals surface area contributed by atoms with Crippen molar-refractivity contribution in [1.29, 1.82) is 0 Å². The average molecular weight is 197 g/mol. The summed E-state index contributed by atoms with van der Waals surface area (Å²) in [6.45, 7) is 4.18. The number of ketones is 1. The van der Waals surface area contributed by atoms with Gasteiger partial charge < -0.3 is 4.90 Å². The number of rotatable bonds is 5. The number of Topliss-reactive ketones (excluding diaryl/α,β-unsaturated/α-hetero) is 1. The minimum atomic E-state index is 0.339. The molecule has 0 amide bonds. The maximum atomic E-state index is 11.6. The normalized spacial score (nSPS) is 24.1. The fourth-order valence-corrected chi connectivity index (χ4v) is 2.14. The smallest absolute Gasteiger partial charge is 0.138 e. The summed E-state index contributed by atoms with van der Waals surface area (Å²) in [5.41, 5.74) is 0. The second-order valence-electron chi connectivity index (χ2n) is 4.52. The second-order valence-corrected chi connectivity index (χ2v) is 4.52. The maximum absolute atomic E-state index is 11.6. The number of hydrogen-bond donors (Lipinski definition) is 0. The van der Waals surface area contributed by atoms with Crippen molar-refractivity contribution in [2.24, 2.45) is 5.92 Å². The van der Waals surface area contributed by atoms with Crippen LogP contribution in [0.15, 0.2) is 0 Å². The van der Waals surface area contributed by atoms with E-state index < -0.39 is 0 Å². The zero-order valence-corrected chi connectivity index (χ0v) is 9.59. The van der Waals surface area contributed by atoms with Crippen LogP contribution in [0.1, 0.15) is 45.4 Å². The van der Waals surface area contributed by atoms with Crippen LogP contribution in [-0.4, -0.2) is 30.8 Å². The van der Waals surface area contributed by atoms with Gasteiger partial charge in [-0.15, -0.1) is 0 Å². The maximum Gasteiger partial charge on any atom is 0.138 e. The highest BCUT2D eigenvalue weighted by Gasteiger charge is 2.24. The van der Waals surface area contributed by atoms with Gasteiger partial charge in [0.05, 0.1) is 0 Å². The minimum absolute atomic E-state index is 0.339. The summed E-state index contributed by atoms with van der Waals surface area (Å²) in [6, 6.07) is 0. The van der Waals surface area contributed by atoms with Crippen LogP contribution in [0.5, 0.6) is 0 Å². The summed E-state index contributed by atoms with van der Waals surface area (Å²) in [5.74, 6) is 0.838. The van der Waals surface area contributed by atoms with Crippen LogP contribution in [0.3, 0.4) is 0 Å². The first-order valence-electron chi connectivity index (χ1n) is 5.95. The van der Waals surface area contributed by atoms with E-state index in [-0.39, 0.29) is 0 Å². The third-order valence-corrected chi connectivity index (χ3v) is 3.13. The topological polar surface area (TPSA) is 20.3 Å². The van der Waals surface area contributed by atoms with Gasteiger partial charge >= 0.3 is 0 Å². The van der Waals surface area contributed by atoms with E-state index in [0.29, 0.717) is 11.7 Å². The standard InChI is InChI=1S/C12H23NO/c1-3-4-5-6-7-11-10-13(2)9-8-12(11)14/h11H,3-10H2,1-2H3. The Balaban J connectivity index is 2.17. The van der Waals surface area contributed by atoms with Crippen LogP contribution >= 0.6 is 0 Å².